The Labute approximate surface area is 39.0 Å². The molecule has 0 atom stereocenters. The van der Waals surface area contributed by atoms with Crippen molar-refractivity contribution in [1.82, 2.24) is 6.15 Å². The second kappa shape index (κ2) is 72.7. The van der Waals surface area contributed by atoms with Crippen molar-refractivity contribution in [3.05, 3.63) is 0 Å². The van der Waals surface area contributed by atoms with Crippen LogP contribution in [0.3, 0.4) is 0 Å². The van der Waals surface area contributed by atoms with E-state index >= 15 is 0 Å². The molecule has 4 heteroatoms. The van der Waals surface area contributed by atoms with Crippen molar-refractivity contribution in [1.29, 1.82) is 0 Å². The summed E-state index contributed by atoms with van der Waals surface area (Å²) < 4.78 is 7.81. The van der Waals surface area contributed by atoms with Crippen molar-refractivity contribution in [2.24, 2.45) is 0 Å². The van der Waals surface area contributed by atoms with Gasteiger partial charge in [0.15, 0.2) is 0 Å². The Morgan fingerprint density at radius 1 is 1.25 bits per heavy atom. The second-order valence-corrected chi connectivity index (χ2v) is 0. The first-order valence-corrected chi connectivity index (χ1v) is 0.508. The topological polar surface area (TPSA) is 53.6 Å². The van der Waals surface area contributed by atoms with Gasteiger partial charge in [0, 0.05) is 0 Å². The molecular weight excluding hydrogens is 129 g/mol. The first kappa shape index (κ1) is 23.6. The van der Waals surface area contributed by atoms with E-state index < -0.39 is 0 Å². The quantitative estimate of drug-likeness (QED) is 0.358. The molecule has 0 fully saturated rings. The third-order valence-corrected chi connectivity index (χ3v) is 0. The standard InChI is InChI=1S/ClH.Cu.H3N.O/h1H;;1H3;. The van der Waals surface area contributed by atoms with Crippen LogP contribution in [0.15, 0.2) is 0 Å². The molecule has 0 aliphatic heterocycles. The van der Waals surface area contributed by atoms with Gasteiger partial charge in [0.2, 0.25) is 0 Å². The summed E-state index contributed by atoms with van der Waals surface area (Å²) in [6.45, 7) is 0. The van der Waals surface area contributed by atoms with E-state index in [1.54, 1.807) is 0 Å². The summed E-state index contributed by atoms with van der Waals surface area (Å²) >= 11 is 2.94. The fourth-order valence-electron chi connectivity index (χ4n) is 0. The SMILES string of the molecule is [Cl-].[NH4+].[O]=[Cu]. The van der Waals surface area contributed by atoms with E-state index in [9.17, 15) is 0 Å². The van der Waals surface area contributed by atoms with Gasteiger partial charge in [-0.1, -0.05) is 0 Å². The Morgan fingerprint density at radius 2 is 1.25 bits per heavy atom. The van der Waals surface area contributed by atoms with Gasteiger partial charge >= 0.3 is 19.8 Å². The summed E-state index contributed by atoms with van der Waals surface area (Å²) in [5, 5.41) is 0. The Morgan fingerprint density at radius 3 is 1.25 bits per heavy atom. The molecule has 0 saturated carbocycles. The van der Waals surface area contributed by atoms with E-state index in [0.29, 0.717) is 0 Å². The zero-order valence-corrected chi connectivity index (χ0v) is 3.79. The molecule has 0 bridgehead atoms. The number of hydrogen-bond acceptors (Lipinski definition) is 1. The molecule has 0 spiro atoms. The van der Waals surface area contributed by atoms with Crippen LogP contribution < -0.4 is 18.6 Å². The van der Waals surface area contributed by atoms with E-state index in [4.69, 9.17) is 3.83 Å². The number of quaternary nitrogens is 1. The van der Waals surface area contributed by atoms with Crippen molar-refractivity contribution < 1.29 is 32.2 Å². The summed E-state index contributed by atoms with van der Waals surface area (Å²) in [5.74, 6) is 0. The van der Waals surface area contributed by atoms with Gasteiger partial charge in [-0.25, -0.2) is 0 Å². The molecule has 0 heterocycles. The van der Waals surface area contributed by atoms with Crippen LogP contribution in [0.25, 0.3) is 0 Å². The van der Waals surface area contributed by atoms with Gasteiger partial charge < -0.3 is 18.6 Å². The molecule has 0 aromatic rings. The molecule has 0 aliphatic rings. The van der Waals surface area contributed by atoms with Crippen LogP contribution in [0.2, 0.25) is 0 Å². The van der Waals surface area contributed by atoms with Gasteiger partial charge in [0.1, 0.15) is 0 Å². The third-order valence-electron chi connectivity index (χ3n) is 0. The van der Waals surface area contributed by atoms with Crippen LogP contribution in [0.4, 0.5) is 0 Å². The second-order valence-electron chi connectivity index (χ2n) is 0. The summed E-state index contributed by atoms with van der Waals surface area (Å²) in [4.78, 5) is 0. The third kappa shape index (κ3) is 19.5. The van der Waals surface area contributed by atoms with Gasteiger partial charge in [-0.05, 0) is 0 Å². The minimum atomic E-state index is 0. The van der Waals surface area contributed by atoms with Crippen LogP contribution in [0, 0.1) is 0 Å². The van der Waals surface area contributed by atoms with E-state index in [0.717, 1.165) is 0 Å². The molecular formula is H4ClCuNO. The van der Waals surface area contributed by atoms with Crippen molar-refractivity contribution in [3.63, 3.8) is 0 Å². The minimum absolute atomic E-state index is 0. The van der Waals surface area contributed by atoms with Crippen molar-refractivity contribution in [3.8, 4) is 0 Å². The molecule has 2 nitrogen and oxygen atoms in total. The molecule has 33 valence electrons. The van der Waals surface area contributed by atoms with Crippen LogP contribution >= 0.6 is 0 Å². The van der Waals surface area contributed by atoms with Gasteiger partial charge in [0.05, 0.1) is 0 Å². The molecule has 0 aromatic carbocycles. The van der Waals surface area contributed by atoms with Gasteiger partial charge in [-0.2, -0.15) is 0 Å². The molecule has 4 N–H and O–H groups in total. The van der Waals surface area contributed by atoms with Gasteiger partial charge in [-0.3, -0.25) is 0 Å². The molecule has 0 amide bonds. The maximum atomic E-state index is 7.81. The van der Waals surface area contributed by atoms with Crippen LogP contribution in [-0.2, 0) is 19.8 Å². The normalized spacial score (nSPS) is 1.50. The van der Waals surface area contributed by atoms with E-state index in [1.165, 1.54) is 0 Å². The van der Waals surface area contributed by atoms with E-state index in [1.807, 2.05) is 0 Å². The summed E-state index contributed by atoms with van der Waals surface area (Å²) in [7, 11) is 0. The summed E-state index contributed by atoms with van der Waals surface area (Å²) in [5.41, 5.74) is 0. The van der Waals surface area contributed by atoms with Crippen molar-refractivity contribution >= 4 is 0 Å². The Balaban J connectivity index is -0.00000000500. The maximum absolute atomic E-state index is 7.81. The number of hydrogen-bond donors (Lipinski definition) is 1. The summed E-state index contributed by atoms with van der Waals surface area (Å²) in [6, 6.07) is 0. The molecule has 0 rings (SSSR count). The molecule has 0 radical (unpaired) electrons. The van der Waals surface area contributed by atoms with Crippen LogP contribution in [-0.4, -0.2) is 0 Å². The number of rotatable bonds is 0. The molecule has 0 aromatic heterocycles. The molecule has 0 unspecified atom stereocenters. The van der Waals surface area contributed by atoms with Crippen LogP contribution in [0.1, 0.15) is 0 Å². The Bertz CT molecular complexity index is 8.00. The first-order valence-electron chi connectivity index (χ1n) is 0.123. The average Bonchev–Trinajstić information content (AvgIpc) is 1.00. The first-order chi connectivity index (χ1) is 1.00. The van der Waals surface area contributed by atoms with Gasteiger partial charge in [0.25, 0.3) is 0 Å². The molecule has 4 heavy (non-hydrogen) atoms. The predicted molar refractivity (Wildman–Crippen MR) is 6.67 cm³/mol. The Hall–Kier alpha value is 0.569. The fraction of sp³-hybridized carbons (Fsp3) is 0. The molecule has 0 aliphatic carbocycles. The van der Waals surface area contributed by atoms with Crippen molar-refractivity contribution in [2.45, 2.75) is 0 Å². The fourth-order valence-corrected chi connectivity index (χ4v) is 0. The average molecular weight is 133 g/mol. The summed E-state index contributed by atoms with van der Waals surface area (Å²) in [6.07, 6.45) is 0. The molecule has 0 saturated heterocycles. The van der Waals surface area contributed by atoms with E-state index in [-0.39, 0.29) is 18.6 Å². The monoisotopic (exact) mass is 132 g/mol. The van der Waals surface area contributed by atoms with E-state index in [2.05, 4.69) is 15.9 Å². The Kier molecular flexibility index (Phi) is 429. The zero-order valence-electron chi connectivity index (χ0n) is 2.09. The number of halogens is 1. The predicted octanol–water partition coefficient (Wildman–Crippen LogP) is -2.74. The zero-order chi connectivity index (χ0) is 2.00. The van der Waals surface area contributed by atoms with Gasteiger partial charge in [-0.15, -0.1) is 0 Å². The van der Waals surface area contributed by atoms with Crippen molar-refractivity contribution in [2.75, 3.05) is 0 Å². The van der Waals surface area contributed by atoms with Crippen LogP contribution in [0.5, 0.6) is 0 Å².